The van der Waals surface area contributed by atoms with E-state index in [2.05, 4.69) is 0 Å². The first-order valence-corrected chi connectivity index (χ1v) is 5.16. The summed E-state index contributed by atoms with van der Waals surface area (Å²) in [7, 11) is 0. The van der Waals surface area contributed by atoms with Crippen LogP contribution in [-0.4, -0.2) is 16.6 Å². The van der Waals surface area contributed by atoms with E-state index >= 15 is 0 Å². The molecular formula is C10H11Cl2NO2. The van der Waals surface area contributed by atoms with Crippen molar-refractivity contribution >= 4 is 35.0 Å². The third-order valence-corrected chi connectivity index (χ3v) is 2.72. The predicted octanol–water partition coefficient (Wildman–Crippen LogP) is 2.86. The highest BCUT2D eigenvalue weighted by Gasteiger charge is 2.25. The van der Waals surface area contributed by atoms with Crippen molar-refractivity contribution in [3.63, 3.8) is 0 Å². The summed E-state index contributed by atoms with van der Waals surface area (Å²) in [4.78, 5) is 9.00. The molecular weight excluding hydrogens is 237 g/mol. The summed E-state index contributed by atoms with van der Waals surface area (Å²) in [5.74, 6) is -0.833. The summed E-state index contributed by atoms with van der Waals surface area (Å²) < 4.78 is 1.58. The molecule has 0 radical (unpaired) electrons. The number of carboxylic acids is 1. The van der Waals surface area contributed by atoms with Gasteiger partial charge >= 0.3 is 0 Å². The van der Waals surface area contributed by atoms with Gasteiger partial charge in [-0.05, 0) is 11.6 Å². The molecule has 1 aromatic carbocycles. The van der Waals surface area contributed by atoms with Gasteiger partial charge in [-0.1, -0.05) is 29.8 Å². The SMILES string of the molecule is CC(=O)O.ClC1Cc2ccccc2N1Cl. The molecule has 0 saturated carbocycles. The lowest BCUT2D eigenvalue weighted by atomic mass is 10.2. The van der Waals surface area contributed by atoms with Crippen molar-refractivity contribution in [2.24, 2.45) is 0 Å². The number of alkyl halides is 1. The van der Waals surface area contributed by atoms with Crippen LogP contribution in [-0.2, 0) is 11.2 Å². The Bertz CT molecular complexity index is 353. The van der Waals surface area contributed by atoms with E-state index in [9.17, 15) is 0 Å². The van der Waals surface area contributed by atoms with Crippen LogP contribution >= 0.6 is 23.4 Å². The number of para-hydroxylation sites is 1. The Morgan fingerprint density at radius 3 is 2.60 bits per heavy atom. The van der Waals surface area contributed by atoms with Crippen molar-refractivity contribution in [2.45, 2.75) is 18.8 Å². The summed E-state index contributed by atoms with van der Waals surface area (Å²) >= 11 is 11.8. The number of hydrogen-bond donors (Lipinski definition) is 1. The first-order valence-electron chi connectivity index (χ1n) is 4.39. The van der Waals surface area contributed by atoms with E-state index in [1.165, 1.54) is 5.56 Å². The zero-order valence-corrected chi connectivity index (χ0v) is 9.66. The van der Waals surface area contributed by atoms with Crippen LogP contribution in [0.15, 0.2) is 24.3 Å². The van der Waals surface area contributed by atoms with E-state index < -0.39 is 5.97 Å². The number of hydrogen-bond acceptors (Lipinski definition) is 2. The van der Waals surface area contributed by atoms with Crippen molar-refractivity contribution < 1.29 is 9.90 Å². The number of nitrogens with zero attached hydrogens (tertiary/aromatic N) is 1. The zero-order chi connectivity index (χ0) is 11.4. The Morgan fingerprint density at radius 1 is 1.53 bits per heavy atom. The largest absolute Gasteiger partial charge is 0.481 e. The molecule has 0 fully saturated rings. The molecule has 15 heavy (non-hydrogen) atoms. The summed E-state index contributed by atoms with van der Waals surface area (Å²) in [5, 5.41) is 7.42. The minimum Gasteiger partial charge on any atom is -0.481 e. The molecule has 1 aromatic rings. The van der Waals surface area contributed by atoms with Crippen molar-refractivity contribution in [1.82, 2.24) is 0 Å². The number of aliphatic carboxylic acids is 1. The average Bonchev–Trinajstić information content (AvgIpc) is 2.43. The maximum atomic E-state index is 9.00. The number of rotatable bonds is 0. The molecule has 0 aromatic heterocycles. The Hall–Kier alpha value is -0.930. The van der Waals surface area contributed by atoms with Crippen LogP contribution in [0.5, 0.6) is 0 Å². The maximum Gasteiger partial charge on any atom is 0.300 e. The van der Waals surface area contributed by atoms with Gasteiger partial charge in [0, 0.05) is 25.1 Å². The Labute approximate surface area is 98.3 Å². The standard InChI is InChI=1S/C8H7Cl2N.C2H4O2/c9-8-5-6-3-1-2-4-7(6)11(8)10;1-2(3)4/h1-4,8H,5H2;1H3,(H,3,4). The van der Waals surface area contributed by atoms with Crippen LogP contribution in [0.4, 0.5) is 5.69 Å². The van der Waals surface area contributed by atoms with Crippen LogP contribution in [0.2, 0.25) is 0 Å². The molecule has 3 nitrogen and oxygen atoms in total. The van der Waals surface area contributed by atoms with Gasteiger partial charge in [0.2, 0.25) is 0 Å². The number of carboxylic acid groups (broad SMARTS) is 1. The van der Waals surface area contributed by atoms with Gasteiger partial charge in [-0.2, -0.15) is 0 Å². The average molecular weight is 248 g/mol. The third kappa shape index (κ3) is 3.29. The Morgan fingerprint density at radius 2 is 2.07 bits per heavy atom. The number of halogens is 2. The molecule has 0 aliphatic carbocycles. The summed E-state index contributed by atoms with van der Waals surface area (Å²) in [6.45, 7) is 1.08. The highest BCUT2D eigenvalue weighted by Crippen LogP contribution is 2.34. The van der Waals surface area contributed by atoms with Crippen molar-refractivity contribution in [1.29, 1.82) is 0 Å². The van der Waals surface area contributed by atoms with Crippen LogP contribution in [0.3, 0.4) is 0 Å². The predicted molar refractivity (Wildman–Crippen MR) is 61.4 cm³/mol. The van der Waals surface area contributed by atoms with Crippen molar-refractivity contribution in [3.8, 4) is 0 Å². The lowest BCUT2D eigenvalue weighted by Gasteiger charge is -2.11. The lowest BCUT2D eigenvalue weighted by Crippen LogP contribution is -2.14. The van der Waals surface area contributed by atoms with Gasteiger partial charge in [0.05, 0.1) is 5.69 Å². The van der Waals surface area contributed by atoms with Crippen molar-refractivity contribution in [3.05, 3.63) is 29.8 Å². The molecule has 1 N–H and O–H groups in total. The molecule has 0 spiro atoms. The fraction of sp³-hybridized carbons (Fsp3) is 0.300. The summed E-state index contributed by atoms with van der Waals surface area (Å²) in [6.07, 6.45) is 0.835. The van der Waals surface area contributed by atoms with Gasteiger partial charge in [0.25, 0.3) is 5.97 Å². The number of fused-ring (bicyclic) bond motifs is 1. The summed E-state index contributed by atoms with van der Waals surface area (Å²) in [5.41, 5.74) is 2.17. The third-order valence-electron chi connectivity index (χ3n) is 1.86. The molecule has 5 heteroatoms. The van der Waals surface area contributed by atoms with E-state index in [-0.39, 0.29) is 5.50 Å². The molecule has 1 atom stereocenters. The molecule has 1 unspecified atom stereocenters. The smallest absolute Gasteiger partial charge is 0.300 e. The van der Waals surface area contributed by atoms with E-state index in [1.807, 2.05) is 24.3 Å². The Kier molecular flexibility index (Phi) is 4.24. The molecule has 1 heterocycles. The van der Waals surface area contributed by atoms with E-state index in [0.717, 1.165) is 19.0 Å². The fourth-order valence-electron chi connectivity index (χ4n) is 1.30. The van der Waals surface area contributed by atoms with Gasteiger partial charge in [-0.3, -0.25) is 9.21 Å². The Balaban J connectivity index is 0.000000245. The van der Waals surface area contributed by atoms with Crippen LogP contribution in [0.1, 0.15) is 12.5 Å². The highest BCUT2D eigenvalue weighted by atomic mass is 35.5. The second-order valence-corrected chi connectivity index (χ2v) is 3.97. The van der Waals surface area contributed by atoms with Crippen LogP contribution in [0.25, 0.3) is 0 Å². The second-order valence-electron chi connectivity index (χ2n) is 3.10. The van der Waals surface area contributed by atoms with Gasteiger partial charge < -0.3 is 5.11 Å². The van der Waals surface area contributed by atoms with Crippen molar-refractivity contribution in [2.75, 3.05) is 4.42 Å². The first-order chi connectivity index (χ1) is 7.02. The monoisotopic (exact) mass is 247 g/mol. The molecule has 82 valence electrons. The summed E-state index contributed by atoms with van der Waals surface area (Å²) in [6, 6.07) is 7.99. The molecule has 0 bridgehead atoms. The molecule has 2 rings (SSSR count). The normalized spacial score (nSPS) is 17.8. The van der Waals surface area contributed by atoms with E-state index in [0.29, 0.717) is 0 Å². The molecule has 0 amide bonds. The minimum absolute atomic E-state index is 0.0888. The van der Waals surface area contributed by atoms with Crippen LogP contribution in [0, 0.1) is 0 Å². The number of anilines is 1. The van der Waals surface area contributed by atoms with Gasteiger partial charge in [-0.25, -0.2) is 0 Å². The van der Waals surface area contributed by atoms with Crippen LogP contribution < -0.4 is 4.42 Å². The van der Waals surface area contributed by atoms with Gasteiger partial charge in [0.1, 0.15) is 5.50 Å². The topological polar surface area (TPSA) is 40.5 Å². The highest BCUT2D eigenvalue weighted by molar-refractivity contribution is 6.34. The van der Waals surface area contributed by atoms with E-state index in [4.69, 9.17) is 33.3 Å². The fourth-order valence-corrected chi connectivity index (χ4v) is 1.81. The molecule has 1 aliphatic rings. The van der Waals surface area contributed by atoms with Gasteiger partial charge in [0.15, 0.2) is 0 Å². The first kappa shape index (κ1) is 12.1. The number of benzene rings is 1. The molecule has 1 aliphatic heterocycles. The second kappa shape index (κ2) is 5.24. The van der Waals surface area contributed by atoms with E-state index in [1.54, 1.807) is 4.42 Å². The zero-order valence-electron chi connectivity index (χ0n) is 8.15. The minimum atomic E-state index is -0.833. The lowest BCUT2D eigenvalue weighted by molar-refractivity contribution is -0.134. The number of carbonyl (C=O) groups is 1. The maximum absolute atomic E-state index is 9.00. The molecule has 0 saturated heterocycles. The quantitative estimate of drug-likeness (QED) is 0.436. The van der Waals surface area contributed by atoms with Gasteiger partial charge in [-0.15, -0.1) is 0 Å².